The molecule has 1 aromatic carbocycles. The molecule has 0 radical (unpaired) electrons. The first-order valence-electron chi connectivity index (χ1n) is 7.08. The first kappa shape index (κ1) is 14.9. The van der Waals surface area contributed by atoms with Crippen molar-refractivity contribution in [1.29, 1.82) is 0 Å². The van der Waals surface area contributed by atoms with E-state index in [0.29, 0.717) is 34.5 Å². The van der Waals surface area contributed by atoms with Gasteiger partial charge in [0.2, 0.25) is 5.91 Å². The smallest absolute Gasteiger partial charge is 0.223 e. The summed E-state index contributed by atoms with van der Waals surface area (Å²) >= 11 is 12.2. The molecule has 114 valence electrons. The highest BCUT2D eigenvalue weighted by Crippen LogP contribution is 2.44. The number of benzene rings is 1. The van der Waals surface area contributed by atoms with E-state index in [1.165, 1.54) is 6.07 Å². The van der Waals surface area contributed by atoms with Gasteiger partial charge in [-0.3, -0.25) is 4.79 Å². The Kier molecular flexibility index (Phi) is 4.04. The molecular formula is C15H17Cl2NO3. The Balaban J connectivity index is 1.78. The monoisotopic (exact) mass is 329 g/mol. The van der Waals surface area contributed by atoms with Crippen molar-refractivity contribution in [3.8, 4) is 5.75 Å². The summed E-state index contributed by atoms with van der Waals surface area (Å²) in [5, 5.41) is 19.8. The van der Waals surface area contributed by atoms with E-state index < -0.39 is 0 Å². The van der Waals surface area contributed by atoms with Gasteiger partial charge in [0.05, 0.1) is 10.0 Å². The van der Waals surface area contributed by atoms with Crippen LogP contribution in [-0.2, 0) is 4.79 Å². The first-order chi connectivity index (χ1) is 10.0. The van der Waals surface area contributed by atoms with Crippen molar-refractivity contribution < 1.29 is 15.0 Å². The van der Waals surface area contributed by atoms with E-state index in [2.05, 4.69) is 0 Å². The molecule has 1 aliphatic heterocycles. The molecule has 2 fully saturated rings. The number of phenols is 1. The number of carbonyl (C=O) groups excluding carboxylic acids is 1. The molecule has 0 aromatic heterocycles. The fourth-order valence-corrected chi connectivity index (χ4v) is 3.81. The van der Waals surface area contributed by atoms with Gasteiger partial charge in [-0.05, 0) is 30.9 Å². The van der Waals surface area contributed by atoms with Crippen LogP contribution in [0.15, 0.2) is 12.1 Å². The van der Waals surface area contributed by atoms with Crippen LogP contribution in [0.2, 0.25) is 10.0 Å². The lowest BCUT2D eigenvalue weighted by molar-refractivity contribution is -0.132. The third-order valence-corrected chi connectivity index (χ3v) is 5.41. The highest BCUT2D eigenvalue weighted by molar-refractivity contribution is 6.42. The van der Waals surface area contributed by atoms with Crippen molar-refractivity contribution in [1.82, 2.24) is 4.90 Å². The molecule has 1 atom stereocenters. The number of rotatable bonds is 3. The van der Waals surface area contributed by atoms with Gasteiger partial charge in [-0.25, -0.2) is 0 Å². The maximum Gasteiger partial charge on any atom is 0.223 e. The quantitative estimate of drug-likeness (QED) is 0.896. The van der Waals surface area contributed by atoms with Gasteiger partial charge in [-0.1, -0.05) is 23.2 Å². The fraction of sp³-hybridized carbons (Fsp3) is 0.533. The minimum atomic E-state index is -0.128. The number of aromatic hydroxyl groups is 1. The lowest BCUT2D eigenvalue weighted by Gasteiger charge is -2.40. The van der Waals surface area contributed by atoms with Gasteiger partial charge in [0.15, 0.2) is 0 Å². The Morgan fingerprint density at radius 3 is 2.67 bits per heavy atom. The highest BCUT2D eigenvalue weighted by Gasteiger charge is 2.42. The van der Waals surface area contributed by atoms with Crippen LogP contribution in [0.3, 0.4) is 0 Å². The number of aliphatic hydroxyl groups is 1. The number of nitrogens with zero attached hydrogens (tertiary/aromatic N) is 1. The lowest BCUT2D eigenvalue weighted by atomic mass is 9.80. The molecule has 2 aliphatic rings. The summed E-state index contributed by atoms with van der Waals surface area (Å²) in [6.07, 6.45) is 2.04. The number of aliphatic hydroxyl groups excluding tert-OH is 1. The topological polar surface area (TPSA) is 60.8 Å². The predicted octanol–water partition coefficient (Wildman–Crippen LogP) is 2.79. The summed E-state index contributed by atoms with van der Waals surface area (Å²) in [4.78, 5) is 14.1. The van der Waals surface area contributed by atoms with Crippen LogP contribution in [0.25, 0.3) is 0 Å². The summed E-state index contributed by atoms with van der Waals surface area (Å²) in [7, 11) is 0. The van der Waals surface area contributed by atoms with Gasteiger partial charge in [0.25, 0.3) is 0 Å². The molecule has 0 spiro atoms. The van der Waals surface area contributed by atoms with Crippen LogP contribution in [0.4, 0.5) is 0 Å². The molecule has 1 aliphatic carbocycles. The summed E-state index contributed by atoms with van der Waals surface area (Å²) in [5.41, 5.74) is 0.568. The Morgan fingerprint density at radius 2 is 2.00 bits per heavy atom. The molecule has 1 amide bonds. The van der Waals surface area contributed by atoms with Crippen molar-refractivity contribution in [2.45, 2.75) is 31.2 Å². The van der Waals surface area contributed by atoms with E-state index in [-0.39, 0.29) is 30.2 Å². The average molecular weight is 330 g/mol. The molecule has 4 nitrogen and oxygen atoms in total. The van der Waals surface area contributed by atoms with Gasteiger partial charge in [-0.15, -0.1) is 0 Å². The minimum Gasteiger partial charge on any atom is -0.508 e. The Morgan fingerprint density at radius 1 is 1.29 bits per heavy atom. The van der Waals surface area contributed by atoms with Crippen molar-refractivity contribution in [3.63, 3.8) is 0 Å². The van der Waals surface area contributed by atoms with Crippen molar-refractivity contribution >= 4 is 29.1 Å². The van der Waals surface area contributed by atoms with Crippen LogP contribution in [0.1, 0.15) is 30.7 Å². The zero-order chi connectivity index (χ0) is 15.1. The number of carbonyl (C=O) groups is 1. The molecular weight excluding hydrogens is 313 g/mol. The van der Waals surface area contributed by atoms with Crippen molar-refractivity contribution in [3.05, 3.63) is 27.7 Å². The summed E-state index contributed by atoms with van der Waals surface area (Å²) < 4.78 is 0. The molecule has 21 heavy (non-hydrogen) atoms. The van der Waals surface area contributed by atoms with Gasteiger partial charge in [0, 0.05) is 37.1 Å². The highest BCUT2D eigenvalue weighted by atomic mass is 35.5. The second-order valence-electron chi connectivity index (χ2n) is 5.92. The zero-order valence-corrected chi connectivity index (χ0v) is 12.9. The van der Waals surface area contributed by atoms with Gasteiger partial charge in [-0.2, -0.15) is 0 Å². The fourth-order valence-electron chi connectivity index (χ4n) is 3.33. The molecule has 2 N–H and O–H groups in total. The number of phenolic OH excluding ortho intramolecular Hbond substituents is 1. The molecule has 6 heteroatoms. The Labute approximate surface area is 133 Å². The van der Waals surface area contributed by atoms with Gasteiger partial charge >= 0.3 is 0 Å². The Hall–Kier alpha value is -0.970. The van der Waals surface area contributed by atoms with Crippen molar-refractivity contribution in [2.24, 2.45) is 5.92 Å². The van der Waals surface area contributed by atoms with Crippen molar-refractivity contribution in [2.75, 3.05) is 13.2 Å². The molecule has 1 heterocycles. The van der Waals surface area contributed by atoms with E-state index in [4.69, 9.17) is 28.3 Å². The molecule has 1 aromatic rings. The van der Waals surface area contributed by atoms with E-state index in [1.54, 1.807) is 6.07 Å². The summed E-state index contributed by atoms with van der Waals surface area (Å²) in [5.74, 6) is 0.351. The number of halogens is 2. The second kappa shape index (κ2) is 5.67. The van der Waals surface area contributed by atoms with Gasteiger partial charge in [0.1, 0.15) is 5.75 Å². The Bertz CT molecular complexity index is 572. The number of amides is 1. The zero-order valence-electron chi connectivity index (χ0n) is 11.4. The van der Waals surface area contributed by atoms with Crippen LogP contribution in [-0.4, -0.2) is 40.2 Å². The molecule has 0 bridgehead atoms. The third kappa shape index (κ3) is 2.60. The lowest BCUT2D eigenvalue weighted by Crippen LogP contribution is -2.46. The average Bonchev–Trinajstić information content (AvgIpc) is 2.75. The van der Waals surface area contributed by atoms with E-state index in [9.17, 15) is 9.90 Å². The normalized spacial score (nSPS) is 28.8. The van der Waals surface area contributed by atoms with E-state index in [0.717, 1.165) is 12.8 Å². The standard InChI is InChI=1S/C15H17Cl2NO3/c16-11-1-2-12(20)14(15(11)17)9-5-13(21)18(6-9)10-3-8(4-10)7-19/h1-2,8-10,19-20H,3-7H2/t8-,9-,10-/m1/s1. The van der Waals surface area contributed by atoms with Crippen LogP contribution in [0, 0.1) is 5.92 Å². The molecule has 1 saturated heterocycles. The SMILES string of the molecule is O=C1C[C@@H](c2c(O)ccc(Cl)c2Cl)CN1[C@H]1C[C@H](CO)C1. The third-order valence-electron chi connectivity index (χ3n) is 4.59. The molecule has 1 saturated carbocycles. The second-order valence-corrected chi connectivity index (χ2v) is 6.70. The first-order valence-corrected chi connectivity index (χ1v) is 7.84. The molecule has 3 rings (SSSR count). The minimum absolute atomic E-state index is 0.0804. The van der Waals surface area contributed by atoms with Crippen LogP contribution < -0.4 is 0 Å². The number of hydrogen-bond donors (Lipinski definition) is 2. The maximum absolute atomic E-state index is 12.2. The van der Waals surface area contributed by atoms with E-state index >= 15 is 0 Å². The molecule has 0 unspecified atom stereocenters. The van der Waals surface area contributed by atoms with Crippen LogP contribution >= 0.6 is 23.2 Å². The summed E-state index contributed by atoms with van der Waals surface area (Å²) in [6.45, 7) is 0.734. The summed E-state index contributed by atoms with van der Waals surface area (Å²) in [6, 6.07) is 3.27. The largest absolute Gasteiger partial charge is 0.508 e. The number of likely N-dealkylation sites (tertiary alicyclic amines) is 1. The van der Waals surface area contributed by atoms with E-state index in [1.807, 2.05) is 4.90 Å². The predicted molar refractivity (Wildman–Crippen MR) is 80.8 cm³/mol. The van der Waals surface area contributed by atoms with Gasteiger partial charge < -0.3 is 15.1 Å². The number of hydrogen-bond acceptors (Lipinski definition) is 3. The van der Waals surface area contributed by atoms with Crippen LogP contribution in [0.5, 0.6) is 5.75 Å². The maximum atomic E-state index is 12.2.